The lowest BCUT2D eigenvalue weighted by Gasteiger charge is -2.17. The van der Waals surface area contributed by atoms with Gasteiger partial charge in [-0.05, 0) is 46.0 Å². The Morgan fingerprint density at radius 3 is 2.04 bits per heavy atom. The molecule has 0 saturated carbocycles. The van der Waals surface area contributed by atoms with E-state index in [4.69, 9.17) is 0 Å². The van der Waals surface area contributed by atoms with Crippen LogP contribution in [0, 0.1) is 0 Å². The van der Waals surface area contributed by atoms with E-state index in [1.165, 1.54) is 32.7 Å². The number of rotatable bonds is 2. The quantitative estimate of drug-likeness (QED) is 0.480. The molecule has 1 aliphatic rings. The summed E-state index contributed by atoms with van der Waals surface area (Å²) in [6.07, 6.45) is 2.33. The van der Waals surface area contributed by atoms with Crippen molar-refractivity contribution in [3.8, 4) is 11.1 Å². The predicted molar refractivity (Wildman–Crippen MR) is 104 cm³/mol. The van der Waals surface area contributed by atoms with Crippen LogP contribution in [0.2, 0.25) is 0 Å². The van der Waals surface area contributed by atoms with Crippen LogP contribution in [0.4, 0.5) is 0 Å². The zero-order valence-electron chi connectivity index (χ0n) is 12.5. The molecule has 0 saturated heterocycles. The molecule has 1 heterocycles. The molecule has 0 radical (unpaired) electrons. The Bertz CT molecular complexity index is 861. The molecular formula is C21H15BrS. The largest absolute Gasteiger partial charge is 0.121 e. The normalized spacial score (nSPS) is 13.3. The van der Waals surface area contributed by atoms with E-state index < -0.39 is 0 Å². The minimum Gasteiger partial charge on any atom is -0.121 e. The number of hydrogen-bond acceptors (Lipinski definition) is 1. The van der Waals surface area contributed by atoms with Crippen molar-refractivity contribution in [2.45, 2.75) is 4.90 Å². The van der Waals surface area contributed by atoms with Crippen LogP contribution in [0.3, 0.4) is 0 Å². The Kier molecular flexibility index (Phi) is 4.11. The molecule has 3 aromatic carbocycles. The first-order valence-corrected chi connectivity index (χ1v) is 9.38. The summed E-state index contributed by atoms with van der Waals surface area (Å²) in [4.78, 5) is 1.38. The maximum atomic E-state index is 3.49. The van der Waals surface area contributed by atoms with Gasteiger partial charge in [-0.1, -0.05) is 76.6 Å². The highest BCUT2D eigenvalue weighted by molar-refractivity contribution is 9.10. The third-order valence-electron chi connectivity index (χ3n) is 4.08. The summed E-state index contributed by atoms with van der Waals surface area (Å²) in [5.74, 6) is 1.04. The summed E-state index contributed by atoms with van der Waals surface area (Å²) >= 11 is 5.40. The van der Waals surface area contributed by atoms with Gasteiger partial charge in [-0.25, -0.2) is 0 Å². The van der Waals surface area contributed by atoms with Gasteiger partial charge in [0.25, 0.3) is 0 Å². The van der Waals surface area contributed by atoms with Gasteiger partial charge in [0.05, 0.1) is 0 Å². The second-order valence-corrected chi connectivity index (χ2v) is 7.49. The lowest BCUT2D eigenvalue weighted by Crippen LogP contribution is -1.96. The van der Waals surface area contributed by atoms with Crippen LogP contribution in [-0.4, -0.2) is 5.75 Å². The average Bonchev–Trinajstić information content (AvgIpc) is 2.62. The summed E-state index contributed by atoms with van der Waals surface area (Å²) in [6, 6.07) is 26.0. The van der Waals surface area contributed by atoms with Crippen LogP contribution < -0.4 is 0 Å². The lowest BCUT2D eigenvalue weighted by atomic mass is 9.95. The average molecular weight is 379 g/mol. The van der Waals surface area contributed by atoms with Crippen molar-refractivity contribution in [2.75, 3.05) is 5.75 Å². The number of thioether (sulfide) groups is 1. The highest BCUT2D eigenvalue weighted by atomic mass is 79.9. The molecule has 0 atom stereocenters. The van der Waals surface area contributed by atoms with E-state index in [1.807, 2.05) is 11.8 Å². The Morgan fingerprint density at radius 2 is 1.30 bits per heavy atom. The van der Waals surface area contributed by atoms with E-state index in [-0.39, 0.29) is 0 Å². The summed E-state index contributed by atoms with van der Waals surface area (Å²) in [5.41, 5.74) is 6.48. The summed E-state index contributed by atoms with van der Waals surface area (Å²) < 4.78 is 1.11. The Hall–Kier alpha value is -1.77. The van der Waals surface area contributed by atoms with E-state index in [1.54, 1.807) is 0 Å². The van der Waals surface area contributed by atoms with Crippen molar-refractivity contribution < 1.29 is 0 Å². The molecule has 0 fully saturated rings. The van der Waals surface area contributed by atoms with Crippen LogP contribution in [0.15, 0.2) is 88.2 Å². The van der Waals surface area contributed by atoms with E-state index in [2.05, 4.69) is 94.8 Å². The number of benzene rings is 3. The fraction of sp³-hybridized carbons (Fsp3) is 0.0476. The molecule has 0 nitrogen and oxygen atoms in total. The second-order valence-electron chi connectivity index (χ2n) is 5.51. The van der Waals surface area contributed by atoms with Gasteiger partial charge >= 0.3 is 0 Å². The fourth-order valence-corrected chi connectivity index (χ4v) is 4.10. The molecule has 0 aliphatic carbocycles. The van der Waals surface area contributed by atoms with Gasteiger partial charge < -0.3 is 0 Å². The highest BCUT2D eigenvalue weighted by Gasteiger charge is 2.13. The van der Waals surface area contributed by atoms with Crippen molar-refractivity contribution in [2.24, 2.45) is 0 Å². The van der Waals surface area contributed by atoms with Gasteiger partial charge in [-0.3, -0.25) is 0 Å². The Labute approximate surface area is 149 Å². The number of hydrogen-bond donors (Lipinski definition) is 0. The van der Waals surface area contributed by atoms with Crippen LogP contribution in [-0.2, 0) is 0 Å². The van der Waals surface area contributed by atoms with Crippen LogP contribution in [0.5, 0.6) is 0 Å². The molecule has 0 unspecified atom stereocenters. The van der Waals surface area contributed by atoms with Gasteiger partial charge in [0.2, 0.25) is 0 Å². The molecule has 0 amide bonds. The van der Waals surface area contributed by atoms with E-state index in [9.17, 15) is 0 Å². The first-order chi connectivity index (χ1) is 11.3. The smallest absolute Gasteiger partial charge is 0.0175 e. The van der Waals surface area contributed by atoms with Crippen LogP contribution >= 0.6 is 27.7 Å². The van der Waals surface area contributed by atoms with Crippen molar-refractivity contribution in [3.05, 3.63) is 94.5 Å². The molecule has 0 N–H and O–H groups in total. The molecule has 4 rings (SSSR count). The summed E-state index contributed by atoms with van der Waals surface area (Å²) in [5, 5.41) is 0. The number of halogens is 1. The molecule has 0 bridgehead atoms. The van der Waals surface area contributed by atoms with E-state index in [0.717, 1.165) is 10.2 Å². The third-order valence-corrected chi connectivity index (χ3v) is 5.61. The third kappa shape index (κ3) is 3.01. The maximum Gasteiger partial charge on any atom is 0.0175 e. The molecule has 0 spiro atoms. The molecule has 3 aromatic rings. The minimum atomic E-state index is 1.04. The van der Waals surface area contributed by atoms with Crippen molar-refractivity contribution >= 4 is 33.3 Å². The van der Waals surface area contributed by atoms with Gasteiger partial charge in [0, 0.05) is 15.1 Å². The Morgan fingerprint density at radius 1 is 0.696 bits per heavy atom. The summed E-state index contributed by atoms with van der Waals surface area (Å²) in [7, 11) is 0. The number of fused-ring (bicyclic) bond motifs is 1. The molecule has 2 heteroatoms. The van der Waals surface area contributed by atoms with Gasteiger partial charge in [-0.2, -0.15) is 0 Å². The van der Waals surface area contributed by atoms with E-state index in [0.29, 0.717) is 0 Å². The molecular weight excluding hydrogens is 364 g/mol. The highest BCUT2D eigenvalue weighted by Crippen LogP contribution is 2.37. The first kappa shape index (κ1) is 14.8. The van der Waals surface area contributed by atoms with Crippen LogP contribution in [0.1, 0.15) is 11.1 Å². The van der Waals surface area contributed by atoms with Crippen molar-refractivity contribution in [3.63, 3.8) is 0 Å². The summed E-state index contributed by atoms with van der Waals surface area (Å²) in [6.45, 7) is 0. The molecule has 112 valence electrons. The SMILES string of the molecule is Brc1ccc(-c2ccc(C3=CCSc4ccccc43)cc2)cc1. The lowest BCUT2D eigenvalue weighted by molar-refractivity contribution is 1.36. The zero-order valence-corrected chi connectivity index (χ0v) is 14.9. The standard InChI is InChI=1S/C21H15BrS/c22-18-11-9-16(10-12-18)15-5-7-17(8-6-15)19-13-14-23-21-4-2-1-3-20(19)21/h1-13H,14H2. The fourth-order valence-electron chi connectivity index (χ4n) is 2.90. The van der Waals surface area contributed by atoms with Crippen molar-refractivity contribution in [1.82, 2.24) is 0 Å². The Balaban J connectivity index is 1.69. The first-order valence-electron chi connectivity index (χ1n) is 7.60. The van der Waals surface area contributed by atoms with E-state index >= 15 is 0 Å². The topological polar surface area (TPSA) is 0 Å². The molecule has 1 aliphatic heterocycles. The molecule has 0 aromatic heterocycles. The van der Waals surface area contributed by atoms with Gasteiger partial charge in [0.15, 0.2) is 0 Å². The zero-order chi connectivity index (χ0) is 15.6. The van der Waals surface area contributed by atoms with Crippen molar-refractivity contribution in [1.29, 1.82) is 0 Å². The predicted octanol–water partition coefficient (Wildman–Crippen LogP) is 6.65. The minimum absolute atomic E-state index is 1.04. The van der Waals surface area contributed by atoms with Gasteiger partial charge in [0.1, 0.15) is 0 Å². The monoisotopic (exact) mass is 378 g/mol. The van der Waals surface area contributed by atoms with Crippen LogP contribution in [0.25, 0.3) is 16.7 Å². The molecule has 23 heavy (non-hydrogen) atoms. The second kappa shape index (κ2) is 6.38. The van der Waals surface area contributed by atoms with Gasteiger partial charge in [-0.15, -0.1) is 11.8 Å². The maximum absolute atomic E-state index is 3.49.